The highest BCUT2D eigenvalue weighted by atomic mass is 19.4. The van der Waals surface area contributed by atoms with Gasteiger partial charge in [0, 0.05) is 49.2 Å². The first-order valence-corrected chi connectivity index (χ1v) is 9.27. The van der Waals surface area contributed by atoms with E-state index in [1.54, 1.807) is 36.3 Å². The predicted octanol–water partition coefficient (Wildman–Crippen LogP) is 4.52. The maximum absolute atomic E-state index is 13.7. The van der Waals surface area contributed by atoms with Gasteiger partial charge >= 0.3 is 6.18 Å². The van der Waals surface area contributed by atoms with Gasteiger partial charge in [-0.3, -0.25) is 14.8 Å². The van der Waals surface area contributed by atoms with E-state index in [4.69, 9.17) is 0 Å². The molecule has 30 heavy (non-hydrogen) atoms. The summed E-state index contributed by atoms with van der Waals surface area (Å²) < 4.78 is 52.6. The second kappa shape index (κ2) is 7.51. The van der Waals surface area contributed by atoms with Gasteiger partial charge in [0.2, 0.25) is 0 Å². The number of pyridine rings is 2. The van der Waals surface area contributed by atoms with Crippen LogP contribution in [0.3, 0.4) is 0 Å². The Kier molecular flexibility index (Phi) is 5.01. The molecule has 0 fully saturated rings. The number of hydrogen-bond acceptors (Lipinski definition) is 3. The molecule has 154 valence electrons. The van der Waals surface area contributed by atoms with Crippen LogP contribution >= 0.6 is 0 Å². The molecule has 0 aliphatic carbocycles. The van der Waals surface area contributed by atoms with Crippen LogP contribution in [-0.2, 0) is 19.0 Å². The van der Waals surface area contributed by atoms with Crippen LogP contribution in [0.2, 0.25) is 0 Å². The Morgan fingerprint density at radius 1 is 1.07 bits per heavy atom. The minimum absolute atomic E-state index is 0.0331. The molecule has 4 rings (SSSR count). The molecule has 0 saturated carbocycles. The van der Waals surface area contributed by atoms with Crippen LogP contribution in [0, 0.1) is 5.82 Å². The number of hydrogen-bond donors (Lipinski definition) is 0. The Bertz CT molecular complexity index is 1130. The highest BCUT2D eigenvalue weighted by Crippen LogP contribution is 2.32. The Labute approximate surface area is 170 Å². The third-order valence-electron chi connectivity index (χ3n) is 5.09. The molecular weight excluding hydrogens is 398 g/mol. The van der Waals surface area contributed by atoms with Crippen molar-refractivity contribution in [3.8, 4) is 11.3 Å². The van der Waals surface area contributed by atoms with Gasteiger partial charge in [-0.15, -0.1) is 0 Å². The lowest BCUT2D eigenvalue weighted by Gasteiger charge is -2.26. The van der Waals surface area contributed by atoms with E-state index in [-0.39, 0.29) is 17.9 Å². The standard InChI is InChI=1S/C22H17F4N3O/c1-29-7-4-18-19(21(29)30)3-6-28-20(18)14-2-5-27-17(11-14)10-13-8-15(22(24,25)26)12-16(23)9-13/h2-3,5-6,8-9,11-12H,4,7,10H2,1H3. The summed E-state index contributed by atoms with van der Waals surface area (Å²) in [5, 5.41) is 0. The average Bonchev–Trinajstić information content (AvgIpc) is 2.69. The number of aromatic nitrogens is 2. The van der Waals surface area contributed by atoms with Gasteiger partial charge in [0.05, 0.1) is 11.3 Å². The number of halogens is 4. The summed E-state index contributed by atoms with van der Waals surface area (Å²) in [4.78, 5) is 22.7. The van der Waals surface area contributed by atoms with E-state index in [1.165, 1.54) is 6.20 Å². The fraction of sp³-hybridized carbons (Fsp3) is 0.227. The summed E-state index contributed by atoms with van der Waals surface area (Å²) in [6.45, 7) is 0.575. The molecule has 3 aromatic rings. The SMILES string of the molecule is CN1CCc2c(ccnc2-c2ccnc(Cc3cc(F)cc(C(F)(F)F)c3)c2)C1=O. The Morgan fingerprint density at radius 2 is 1.83 bits per heavy atom. The second-order valence-electron chi connectivity index (χ2n) is 7.22. The van der Waals surface area contributed by atoms with Crippen molar-refractivity contribution in [1.82, 2.24) is 14.9 Å². The monoisotopic (exact) mass is 415 g/mol. The normalized spacial score (nSPS) is 14.0. The molecule has 0 saturated heterocycles. The highest BCUT2D eigenvalue weighted by molar-refractivity contribution is 5.98. The quantitative estimate of drug-likeness (QED) is 0.591. The molecule has 0 atom stereocenters. The van der Waals surface area contributed by atoms with Crippen molar-refractivity contribution in [3.63, 3.8) is 0 Å². The van der Waals surface area contributed by atoms with Gasteiger partial charge in [-0.25, -0.2) is 4.39 Å². The van der Waals surface area contributed by atoms with Gasteiger partial charge in [0.1, 0.15) is 5.82 Å². The maximum Gasteiger partial charge on any atom is 0.416 e. The molecule has 4 nitrogen and oxygen atoms in total. The van der Waals surface area contributed by atoms with E-state index in [0.717, 1.165) is 17.7 Å². The third kappa shape index (κ3) is 3.90. The number of benzene rings is 1. The van der Waals surface area contributed by atoms with Crippen LogP contribution in [0.15, 0.2) is 48.8 Å². The summed E-state index contributed by atoms with van der Waals surface area (Å²) in [6, 6.07) is 7.60. The van der Waals surface area contributed by atoms with Crippen LogP contribution in [0.5, 0.6) is 0 Å². The first-order valence-electron chi connectivity index (χ1n) is 9.27. The molecule has 1 aromatic carbocycles. The summed E-state index contributed by atoms with van der Waals surface area (Å²) in [5.74, 6) is -1.02. The van der Waals surface area contributed by atoms with E-state index >= 15 is 0 Å². The van der Waals surface area contributed by atoms with Crippen LogP contribution in [-0.4, -0.2) is 34.4 Å². The molecule has 0 unspecified atom stereocenters. The molecule has 1 aliphatic rings. The summed E-state index contributed by atoms with van der Waals surface area (Å²) in [5.41, 5.74) is 2.40. The smallest absolute Gasteiger partial charge is 0.341 e. The minimum Gasteiger partial charge on any atom is -0.341 e. The summed E-state index contributed by atoms with van der Waals surface area (Å²) >= 11 is 0. The van der Waals surface area contributed by atoms with Crippen LogP contribution in [0.25, 0.3) is 11.3 Å². The first kappa shape index (κ1) is 20.0. The zero-order valence-corrected chi connectivity index (χ0v) is 16.0. The number of amides is 1. The zero-order chi connectivity index (χ0) is 21.5. The van der Waals surface area contributed by atoms with E-state index in [0.29, 0.717) is 41.5 Å². The first-order chi connectivity index (χ1) is 14.2. The molecule has 2 aromatic heterocycles. The van der Waals surface area contributed by atoms with Crippen molar-refractivity contribution < 1.29 is 22.4 Å². The fourth-order valence-electron chi connectivity index (χ4n) is 3.63. The Balaban J connectivity index is 1.69. The molecule has 1 amide bonds. The van der Waals surface area contributed by atoms with Crippen molar-refractivity contribution >= 4 is 5.91 Å². The topological polar surface area (TPSA) is 46.1 Å². The van der Waals surface area contributed by atoms with Gasteiger partial charge < -0.3 is 4.90 Å². The lowest BCUT2D eigenvalue weighted by Crippen LogP contribution is -2.34. The van der Waals surface area contributed by atoms with Crippen LogP contribution < -0.4 is 0 Å². The van der Waals surface area contributed by atoms with Crippen LogP contribution in [0.4, 0.5) is 17.6 Å². The summed E-state index contributed by atoms with van der Waals surface area (Å²) in [7, 11) is 1.74. The zero-order valence-electron chi connectivity index (χ0n) is 16.0. The molecule has 0 spiro atoms. The van der Waals surface area contributed by atoms with Gasteiger partial charge in [-0.1, -0.05) is 0 Å². The minimum atomic E-state index is -4.63. The number of nitrogens with zero attached hydrogens (tertiary/aromatic N) is 3. The lowest BCUT2D eigenvalue weighted by atomic mass is 9.94. The summed E-state index contributed by atoms with van der Waals surface area (Å²) in [6.07, 6.45) is -0.846. The molecule has 3 heterocycles. The average molecular weight is 415 g/mol. The third-order valence-corrected chi connectivity index (χ3v) is 5.09. The Morgan fingerprint density at radius 3 is 2.60 bits per heavy atom. The Hall–Kier alpha value is -3.29. The van der Waals surface area contributed by atoms with E-state index in [1.807, 2.05) is 0 Å². The largest absolute Gasteiger partial charge is 0.416 e. The van der Waals surface area contributed by atoms with E-state index in [2.05, 4.69) is 9.97 Å². The van der Waals surface area contributed by atoms with Gasteiger partial charge in [0.25, 0.3) is 5.91 Å². The van der Waals surface area contributed by atoms with E-state index < -0.39 is 17.6 Å². The van der Waals surface area contributed by atoms with Gasteiger partial charge in [0.15, 0.2) is 0 Å². The molecule has 1 aliphatic heterocycles. The number of carbonyl (C=O) groups is 1. The molecule has 0 bridgehead atoms. The molecular formula is C22H17F4N3O. The van der Waals surface area contributed by atoms with Crippen molar-refractivity contribution in [2.75, 3.05) is 13.6 Å². The van der Waals surface area contributed by atoms with E-state index in [9.17, 15) is 22.4 Å². The lowest BCUT2D eigenvalue weighted by molar-refractivity contribution is -0.137. The fourth-order valence-corrected chi connectivity index (χ4v) is 3.63. The van der Waals surface area contributed by atoms with Gasteiger partial charge in [-0.05, 0) is 53.9 Å². The molecule has 0 N–H and O–H groups in total. The highest BCUT2D eigenvalue weighted by Gasteiger charge is 2.31. The number of alkyl halides is 3. The second-order valence-corrected chi connectivity index (χ2v) is 7.22. The molecule has 8 heteroatoms. The van der Waals surface area contributed by atoms with Crippen molar-refractivity contribution in [1.29, 1.82) is 0 Å². The van der Waals surface area contributed by atoms with Crippen LogP contribution in [0.1, 0.15) is 32.7 Å². The van der Waals surface area contributed by atoms with Gasteiger partial charge in [-0.2, -0.15) is 13.2 Å². The predicted molar refractivity (Wildman–Crippen MR) is 102 cm³/mol. The van der Waals surface area contributed by atoms with Crippen molar-refractivity contribution in [2.45, 2.75) is 19.0 Å². The number of likely N-dealkylation sites (N-methyl/N-ethyl adjacent to an activating group) is 1. The van der Waals surface area contributed by atoms with Crippen molar-refractivity contribution in [2.24, 2.45) is 0 Å². The molecule has 0 radical (unpaired) electrons. The maximum atomic E-state index is 13.7. The number of fused-ring (bicyclic) bond motifs is 1. The van der Waals surface area contributed by atoms with Crippen molar-refractivity contribution in [3.05, 3.63) is 82.6 Å². The number of rotatable bonds is 3. The number of carbonyl (C=O) groups excluding carboxylic acids is 1.